The summed E-state index contributed by atoms with van der Waals surface area (Å²) in [5.41, 5.74) is 1.20. The van der Waals surface area contributed by atoms with E-state index in [1.165, 1.54) is 18.4 Å². The second kappa shape index (κ2) is 4.27. The first-order valence-electron chi connectivity index (χ1n) is 5.64. The third-order valence-corrected chi connectivity index (χ3v) is 3.50. The Kier molecular flexibility index (Phi) is 2.76. The number of aromatic amines is 1. The lowest BCUT2D eigenvalue weighted by Gasteiger charge is -2.04. The molecule has 17 heavy (non-hydrogen) atoms. The highest BCUT2D eigenvalue weighted by molar-refractivity contribution is 7.71. The summed E-state index contributed by atoms with van der Waals surface area (Å²) in [5.74, 6) is 1.01. The molecule has 3 nitrogen and oxygen atoms in total. The predicted molar refractivity (Wildman–Crippen MR) is 69.9 cm³/mol. The highest BCUT2D eigenvalue weighted by Crippen LogP contribution is 2.36. The maximum Gasteiger partial charge on any atom is 0.195 e. The van der Waals surface area contributed by atoms with Crippen molar-refractivity contribution in [2.24, 2.45) is 0 Å². The maximum absolute atomic E-state index is 5.87. The van der Waals surface area contributed by atoms with Gasteiger partial charge in [0.2, 0.25) is 0 Å². The molecule has 2 aromatic rings. The van der Waals surface area contributed by atoms with Gasteiger partial charge >= 0.3 is 0 Å². The average Bonchev–Trinajstić information content (AvgIpc) is 3.08. The second-order valence-corrected chi connectivity index (χ2v) is 5.17. The lowest BCUT2D eigenvalue weighted by molar-refractivity contribution is 0.686. The molecule has 0 bridgehead atoms. The summed E-state index contributed by atoms with van der Waals surface area (Å²) in [4.78, 5) is 0. The first-order valence-corrected chi connectivity index (χ1v) is 6.43. The molecule has 0 saturated heterocycles. The summed E-state index contributed by atoms with van der Waals surface area (Å²) in [6.07, 6.45) is 3.21. The molecule has 0 aliphatic heterocycles. The van der Waals surface area contributed by atoms with Crippen molar-refractivity contribution in [1.29, 1.82) is 0 Å². The number of hydrogen-bond acceptors (Lipinski definition) is 2. The van der Waals surface area contributed by atoms with Crippen molar-refractivity contribution in [3.05, 3.63) is 45.4 Å². The number of nitrogens with one attached hydrogen (secondary N) is 1. The molecule has 1 fully saturated rings. The van der Waals surface area contributed by atoms with Crippen molar-refractivity contribution in [1.82, 2.24) is 14.8 Å². The summed E-state index contributed by atoms with van der Waals surface area (Å²) in [7, 11) is 0. The van der Waals surface area contributed by atoms with Crippen molar-refractivity contribution in [2.45, 2.75) is 25.3 Å². The Morgan fingerprint density at radius 3 is 2.71 bits per heavy atom. The zero-order valence-electron chi connectivity index (χ0n) is 9.19. The third-order valence-electron chi connectivity index (χ3n) is 2.96. The van der Waals surface area contributed by atoms with Crippen LogP contribution in [0.3, 0.4) is 0 Å². The monoisotopic (exact) mass is 265 g/mol. The van der Waals surface area contributed by atoms with Gasteiger partial charge in [0.15, 0.2) is 4.77 Å². The molecule has 88 valence electrons. The molecule has 5 heteroatoms. The molecule has 0 amide bonds. The van der Waals surface area contributed by atoms with E-state index in [2.05, 4.69) is 14.8 Å². The number of nitrogens with zero attached hydrogens (tertiary/aromatic N) is 2. The Bertz CT molecular complexity index is 581. The Labute approximate surface area is 109 Å². The summed E-state index contributed by atoms with van der Waals surface area (Å²) < 4.78 is 2.88. The predicted octanol–water partition coefficient (Wildman–Crippen LogP) is 3.52. The lowest BCUT2D eigenvalue weighted by atomic mass is 10.1. The van der Waals surface area contributed by atoms with Crippen molar-refractivity contribution in [2.75, 3.05) is 0 Å². The Morgan fingerprint density at radius 2 is 2.06 bits per heavy atom. The first kappa shape index (κ1) is 11.0. The summed E-state index contributed by atoms with van der Waals surface area (Å²) in [6, 6.07) is 8.41. The molecule has 1 aromatic heterocycles. The number of rotatable bonds is 3. The van der Waals surface area contributed by atoms with Crippen LogP contribution >= 0.6 is 23.8 Å². The molecule has 1 saturated carbocycles. The zero-order chi connectivity index (χ0) is 11.8. The van der Waals surface area contributed by atoms with Crippen LogP contribution in [0.1, 0.15) is 30.3 Å². The summed E-state index contributed by atoms with van der Waals surface area (Å²) in [6.45, 7) is 0. The van der Waals surface area contributed by atoms with Gasteiger partial charge < -0.3 is 4.57 Å². The number of hydrogen-bond donors (Lipinski definition) is 1. The maximum atomic E-state index is 5.87. The van der Waals surface area contributed by atoms with E-state index in [9.17, 15) is 0 Å². The highest BCUT2D eigenvalue weighted by atomic mass is 35.5. The van der Waals surface area contributed by atoms with Crippen LogP contribution in [0.4, 0.5) is 0 Å². The van der Waals surface area contributed by atoms with Crippen molar-refractivity contribution >= 4 is 23.8 Å². The molecule has 1 heterocycles. The standard InChI is InChI=1S/C12H12ClN3S/c13-9-3-1-8(2-4-9)7-11-14-15-12(17)16(11)10-5-6-10/h1-4,10H,5-7H2,(H,15,17). The van der Waals surface area contributed by atoms with Crippen molar-refractivity contribution in [3.8, 4) is 0 Å². The fraction of sp³-hybridized carbons (Fsp3) is 0.333. The minimum atomic E-state index is 0.559. The van der Waals surface area contributed by atoms with Crippen molar-refractivity contribution < 1.29 is 0 Å². The van der Waals surface area contributed by atoms with E-state index in [0.29, 0.717) is 6.04 Å². The van der Waals surface area contributed by atoms with Crippen LogP contribution in [0.15, 0.2) is 24.3 Å². The number of H-pyrrole nitrogens is 1. The molecule has 3 rings (SSSR count). The molecule has 0 atom stereocenters. The Morgan fingerprint density at radius 1 is 1.35 bits per heavy atom. The summed E-state index contributed by atoms with van der Waals surface area (Å²) in [5, 5.41) is 7.95. The van der Waals surface area contributed by atoms with Gasteiger partial charge in [0.05, 0.1) is 0 Å². The van der Waals surface area contributed by atoms with Gasteiger partial charge in [-0.3, -0.25) is 5.10 Å². The normalized spacial score (nSPS) is 15.1. The number of benzene rings is 1. The van der Waals surface area contributed by atoms with Gasteiger partial charge in [0.1, 0.15) is 5.82 Å². The number of halogens is 1. The summed E-state index contributed by atoms with van der Waals surface area (Å²) >= 11 is 11.1. The van der Waals surface area contributed by atoms with Crippen molar-refractivity contribution in [3.63, 3.8) is 0 Å². The van der Waals surface area contributed by atoms with E-state index in [1.54, 1.807) is 0 Å². The topological polar surface area (TPSA) is 33.6 Å². The molecule has 1 aliphatic rings. The van der Waals surface area contributed by atoms with Gasteiger partial charge in [-0.05, 0) is 42.8 Å². The van der Waals surface area contributed by atoms with Crippen LogP contribution in [-0.2, 0) is 6.42 Å². The Hall–Kier alpha value is -1.13. The molecule has 0 spiro atoms. The van der Waals surface area contributed by atoms with Crippen LogP contribution in [0.25, 0.3) is 0 Å². The van der Waals surface area contributed by atoms with Crippen LogP contribution in [0.2, 0.25) is 5.02 Å². The minimum Gasteiger partial charge on any atom is -0.301 e. The van der Waals surface area contributed by atoms with Gasteiger partial charge in [-0.15, -0.1) is 0 Å². The third kappa shape index (κ3) is 2.28. The SMILES string of the molecule is S=c1[nH]nc(Cc2ccc(Cl)cc2)n1C1CC1. The van der Waals surface area contributed by atoms with Crippen LogP contribution in [0.5, 0.6) is 0 Å². The van der Waals surface area contributed by atoms with Gasteiger partial charge in [-0.25, -0.2) is 0 Å². The average molecular weight is 266 g/mol. The fourth-order valence-corrected chi connectivity index (χ4v) is 2.38. The minimum absolute atomic E-state index is 0.559. The smallest absolute Gasteiger partial charge is 0.195 e. The first-order chi connectivity index (χ1) is 8.24. The lowest BCUT2D eigenvalue weighted by Crippen LogP contribution is -2.02. The number of aromatic nitrogens is 3. The van der Waals surface area contributed by atoms with Crippen LogP contribution in [0, 0.1) is 4.77 Å². The van der Waals surface area contributed by atoms with Crippen LogP contribution < -0.4 is 0 Å². The quantitative estimate of drug-likeness (QED) is 0.862. The van der Waals surface area contributed by atoms with E-state index in [1.807, 2.05) is 24.3 Å². The molecule has 0 radical (unpaired) electrons. The fourth-order valence-electron chi connectivity index (χ4n) is 1.96. The van der Waals surface area contributed by atoms with E-state index >= 15 is 0 Å². The van der Waals surface area contributed by atoms with E-state index in [4.69, 9.17) is 23.8 Å². The van der Waals surface area contributed by atoms with E-state index < -0.39 is 0 Å². The second-order valence-electron chi connectivity index (χ2n) is 4.35. The Balaban J connectivity index is 1.90. The van der Waals surface area contributed by atoms with Gasteiger partial charge in [0, 0.05) is 17.5 Å². The van der Waals surface area contributed by atoms with E-state index in [0.717, 1.165) is 22.0 Å². The van der Waals surface area contributed by atoms with Crippen LogP contribution in [-0.4, -0.2) is 14.8 Å². The van der Waals surface area contributed by atoms with Gasteiger partial charge in [0.25, 0.3) is 0 Å². The zero-order valence-corrected chi connectivity index (χ0v) is 10.8. The largest absolute Gasteiger partial charge is 0.301 e. The molecular formula is C12H12ClN3S. The molecule has 0 unspecified atom stereocenters. The highest BCUT2D eigenvalue weighted by Gasteiger charge is 2.27. The van der Waals surface area contributed by atoms with Gasteiger partial charge in [-0.2, -0.15) is 5.10 Å². The molecule has 1 aromatic carbocycles. The molecular weight excluding hydrogens is 254 g/mol. The van der Waals surface area contributed by atoms with Gasteiger partial charge in [-0.1, -0.05) is 23.7 Å². The molecule has 1 N–H and O–H groups in total. The molecule has 1 aliphatic carbocycles. The van der Waals surface area contributed by atoms with E-state index in [-0.39, 0.29) is 0 Å².